The number of benzene rings is 1. The zero-order valence-corrected chi connectivity index (χ0v) is 10.6. The Kier molecular flexibility index (Phi) is 4.19. The third-order valence-corrected chi connectivity index (χ3v) is 2.67. The summed E-state index contributed by atoms with van der Waals surface area (Å²) in [5, 5.41) is 16.4. The van der Waals surface area contributed by atoms with Crippen LogP contribution in [0.3, 0.4) is 0 Å². The molecule has 1 aromatic heterocycles. The van der Waals surface area contributed by atoms with Gasteiger partial charge in [0.1, 0.15) is 0 Å². The number of H-pyrrole nitrogens is 1. The van der Waals surface area contributed by atoms with Gasteiger partial charge in [0.2, 0.25) is 11.7 Å². The van der Waals surface area contributed by atoms with Gasteiger partial charge in [-0.2, -0.15) is 5.21 Å². The van der Waals surface area contributed by atoms with E-state index < -0.39 is 6.04 Å². The minimum absolute atomic E-state index is 0.188. The van der Waals surface area contributed by atoms with Crippen LogP contribution < -0.4 is 11.1 Å². The molecule has 0 bridgehead atoms. The van der Waals surface area contributed by atoms with Crippen LogP contribution in [0.15, 0.2) is 24.3 Å². The van der Waals surface area contributed by atoms with Crippen LogP contribution in [0, 0.1) is 0 Å². The summed E-state index contributed by atoms with van der Waals surface area (Å²) in [5.74, 6) is 0.293. The molecule has 0 spiro atoms. The first-order valence-corrected chi connectivity index (χ1v) is 6.11. The third kappa shape index (κ3) is 3.35. The number of anilines is 1. The highest BCUT2D eigenvalue weighted by atomic mass is 16.2. The molecule has 0 aliphatic heterocycles. The highest BCUT2D eigenvalue weighted by Crippen LogP contribution is 2.18. The highest BCUT2D eigenvalue weighted by Gasteiger charge is 2.12. The molecule has 0 saturated heterocycles. The van der Waals surface area contributed by atoms with E-state index in [1.54, 1.807) is 12.1 Å². The lowest BCUT2D eigenvalue weighted by atomic mass is 10.1. The molecule has 2 aromatic rings. The van der Waals surface area contributed by atoms with E-state index in [-0.39, 0.29) is 5.91 Å². The number of aromatic nitrogens is 4. The molecule has 1 atom stereocenters. The van der Waals surface area contributed by atoms with Crippen LogP contribution in [-0.2, 0) is 4.79 Å². The quantitative estimate of drug-likeness (QED) is 0.741. The summed E-state index contributed by atoms with van der Waals surface area (Å²) in [6.07, 6.45) is 1.54. The number of amides is 1. The van der Waals surface area contributed by atoms with Gasteiger partial charge in [-0.05, 0) is 23.8 Å². The molecule has 7 nitrogen and oxygen atoms in total. The number of hydrogen-bond acceptors (Lipinski definition) is 5. The number of tetrazole rings is 1. The average molecular weight is 260 g/mol. The lowest BCUT2D eigenvalue weighted by molar-refractivity contribution is -0.117. The molecule has 0 aliphatic carbocycles. The van der Waals surface area contributed by atoms with E-state index in [0.717, 1.165) is 12.0 Å². The first-order chi connectivity index (χ1) is 9.20. The minimum Gasteiger partial charge on any atom is -0.325 e. The van der Waals surface area contributed by atoms with Crippen molar-refractivity contribution in [3.05, 3.63) is 24.3 Å². The second-order valence-electron chi connectivity index (χ2n) is 4.20. The predicted octanol–water partition coefficient (Wildman–Crippen LogP) is 0.933. The predicted molar refractivity (Wildman–Crippen MR) is 71.1 cm³/mol. The van der Waals surface area contributed by atoms with E-state index in [4.69, 9.17) is 5.73 Å². The summed E-state index contributed by atoms with van der Waals surface area (Å²) in [7, 11) is 0. The zero-order chi connectivity index (χ0) is 13.7. The topological polar surface area (TPSA) is 110 Å². The van der Waals surface area contributed by atoms with Crippen molar-refractivity contribution in [1.82, 2.24) is 20.6 Å². The maximum absolute atomic E-state index is 11.8. The molecule has 1 heterocycles. The summed E-state index contributed by atoms with van der Waals surface area (Å²) < 4.78 is 0. The number of nitrogens with one attached hydrogen (secondary N) is 2. The second kappa shape index (κ2) is 6.05. The van der Waals surface area contributed by atoms with Crippen molar-refractivity contribution in [2.24, 2.45) is 5.73 Å². The monoisotopic (exact) mass is 260 g/mol. The van der Waals surface area contributed by atoms with Gasteiger partial charge in [-0.3, -0.25) is 4.79 Å². The van der Waals surface area contributed by atoms with E-state index in [9.17, 15) is 4.79 Å². The Bertz CT molecular complexity index is 539. The van der Waals surface area contributed by atoms with Gasteiger partial charge in [0.05, 0.1) is 6.04 Å². The van der Waals surface area contributed by atoms with Gasteiger partial charge in [-0.25, -0.2) is 0 Å². The molecule has 100 valence electrons. The van der Waals surface area contributed by atoms with Crippen LogP contribution >= 0.6 is 0 Å². The first kappa shape index (κ1) is 13.2. The van der Waals surface area contributed by atoms with E-state index in [2.05, 4.69) is 25.9 Å². The lowest BCUT2D eigenvalue weighted by Gasteiger charge is -2.11. The van der Waals surface area contributed by atoms with Crippen LogP contribution in [0.2, 0.25) is 0 Å². The molecular weight excluding hydrogens is 244 g/mol. The first-order valence-electron chi connectivity index (χ1n) is 6.11. The van der Waals surface area contributed by atoms with Crippen molar-refractivity contribution < 1.29 is 4.79 Å². The van der Waals surface area contributed by atoms with Crippen LogP contribution in [0.5, 0.6) is 0 Å². The molecule has 0 radical (unpaired) electrons. The van der Waals surface area contributed by atoms with Crippen molar-refractivity contribution in [3.63, 3.8) is 0 Å². The van der Waals surface area contributed by atoms with Gasteiger partial charge < -0.3 is 11.1 Å². The molecule has 0 fully saturated rings. The number of carbonyl (C=O) groups excluding carboxylic acids is 1. The Hall–Kier alpha value is -2.28. The summed E-state index contributed by atoms with van der Waals surface area (Å²) in [6.45, 7) is 1.99. The molecule has 2 rings (SSSR count). The van der Waals surface area contributed by atoms with Crippen LogP contribution in [-0.4, -0.2) is 32.6 Å². The molecule has 7 heteroatoms. The molecule has 4 N–H and O–H groups in total. The number of aromatic amines is 1. The van der Waals surface area contributed by atoms with Crippen LogP contribution in [0.4, 0.5) is 5.69 Å². The maximum Gasteiger partial charge on any atom is 0.241 e. The second-order valence-corrected chi connectivity index (χ2v) is 4.20. The largest absolute Gasteiger partial charge is 0.325 e. The standard InChI is InChI=1S/C12H16N6O/c1-2-4-10(13)12(19)14-9-6-3-5-8(7-9)11-15-17-18-16-11/h3,5-7,10H,2,4,13H2,1H3,(H,14,19)(H,15,16,17,18). The van der Waals surface area contributed by atoms with E-state index in [0.29, 0.717) is 17.9 Å². The molecule has 19 heavy (non-hydrogen) atoms. The van der Waals surface area contributed by atoms with E-state index >= 15 is 0 Å². The molecule has 1 amide bonds. The van der Waals surface area contributed by atoms with Gasteiger partial charge in [-0.15, -0.1) is 10.2 Å². The normalized spacial score (nSPS) is 12.1. The summed E-state index contributed by atoms with van der Waals surface area (Å²) in [5.41, 5.74) is 7.20. The highest BCUT2D eigenvalue weighted by molar-refractivity contribution is 5.95. The van der Waals surface area contributed by atoms with Gasteiger partial charge in [0.15, 0.2) is 0 Å². The van der Waals surface area contributed by atoms with Crippen molar-refractivity contribution in [2.75, 3.05) is 5.32 Å². The zero-order valence-electron chi connectivity index (χ0n) is 10.6. The molecular formula is C12H16N6O. The Balaban J connectivity index is 2.09. The number of nitrogens with two attached hydrogens (primary N) is 1. The number of hydrogen-bond donors (Lipinski definition) is 3. The SMILES string of the molecule is CCCC(N)C(=O)Nc1cccc(-c2nn[nH]n2)c1. The Morgan fingerprint density at radius 3 is 3.05 bits per heavy atom. The molecule has 0 aliphatic rings. The number of rotatable bonds is 5. The van der Waals surface area contributed by atoms with Crippen LogP contribution in [0.1, 0.15) is 19.8 Å². The van der Waals surface area contributed by atoms with E-state index in [1.807, 2.05) is 19.1 Å². The van der Waals surface area contributed by atoms with Gasteiger partial charge in [-0.1, -0.05) is 25.5 Å². The van der Waals surface area contributed by atoms with Gasteiger partial charge >= 0.3 is 0 Å². The Morgan fingerprint density at radius 2 is 2.37 bits per heavy atom. The van der Waals surface area contributed by atoms with Crippen molar-refractivity contribution in [3.8, 4) is 11.4 Å². The summed E-state index contributed by atoms with van der Waals surface area (Å²) in [6, 6.07) is 6.74. The van der Waals surface area contributed by atoms with E-state index in [1.165, 1.54) is 0 Å². The van der Waals surface area contributed by atoms with Crippen molar-refractivity contribution in [1.29, 1.82) is 0 Å². The van der Waals surface area contributed by atoms with Crippen LogP contribution in [0.25, 0.3) is 11.4 Å². The molecule has 1 aromatic carbocycles. The average Bonchev–Trinajstić information content (AvgIpc) is 2.93. The number of carbonyl (C=O) groups is 1. The summed E-state index contributed by atoms with van der Waals surface area (Å²) in [4.78, 5) is 11.8. The summed E-state index contributed by atoms with van der Waals surface area (Å²) >= 11 is 0. The molecule has 1 unspecified atom stereocenters. The van der Waals surface area contributed by atoms with Crippen molar-refractivity contribution >= 4 is 11.6 Å². The van der Waals surface area contributed by atoms with Gasteiger partial charge in [0, 0.05) is 11.3 Å². The Labute approximate surface area is 110 Å². The smallest absolute Gasteiger partial charge is 0.241 e. The maximum atomic E-state index is 11.8. The minimum atomic E-state index is -0.487. The van der Waals surface area contributed by atoms with Gasteiger partial charge in [0.25, 0.3) is 0 Å². The lowest BCUT2D eigenvalue weighted by Crippen LogP contribution is -2.35. The third-order valence-electron chi connectivity index (χ3n) is 2.67. The fraction of sp³-hybridized carbons (Fsp3) is 0.333. The van der Waals surface area contributed by atoms with Crippen molar-refractivity contribution in [2.45, 2.75) is 25.8 Å². The Morgan fingerprint density at radius 1 is 1.53 bits per heavy atom. The fourth-order valence-electron chi connectivity index (χ4n) is 1.70. The fourth-order valence-corrected chi connectivity index (χ4v) is 1.70. The molecule has 0 saturated carbocycles. The number of nitrogens with zero attached hydrogens (tertiary/aromatic N) is 3.